The molecule has 1 aromatic carbocycles. The summed E-state index contributed by atoms with van der Waals surface area (Å²) in [5, 5.41) is 0. The highest BCUT2D eigenvalue weighted by molar-refractivity contribution is 5.53. The van der Waals surface area contributed by atoms with Gasteiger partial charge < -0.3 is 5.73 Å². The predicted octanol–water partition coefficient (Wildman–Crippen LogP) is 3.25. The Morgan fingerprint density at radius 2 is 2.06 bits per heavy atom. The molecule has 0 amide bonds. The zero-order chi connectivity index (χ0) is 11.5. The van der Waals surface area contributed by atoms with Gasteiger partial charge in [-0.15, -0.1) is 0 Å². The van der Waals surface area contributed by atoms with Gasteiger partial charge in [0.2, 0.25) is 0 Å². The van der Waals surface area contributed by atoms with E-state index in [0.29, 0.717) is 5.56 Å². The highest BCUT2D eigenvalue weighted by atomic mass is 19.2. The van der Waals surface area contributed by atoms with Crippen LogP contribution in [-0.4, -0.2) is 6.04 Å². The highest BCUT2D eigenvalue weighted by Crippen LogP contribution is 2.24. The molecule has 0 saturated heterocycles. The largest absolute Gasteiger partial charge is 0.327 e. The first-order chi connectivity index (χ1) is 7.65. The molecule has 0 aliphatic heterocycles. The van der Waals surface area contributed by atoms with Crippen molar-refractivity contribution >= 4 is 6.08 Å². The summed E-state index contributed by atoms with van der Waals surface area (Å²) in [7, 11) is 0. The summed E-state index contributed by atoms with van der Waals surface area (Å²) < 4.78 is 25.7. The average molecular weight is 223 g/mol. The van der Waals surface area contributed by atoms with Crippen LogP contribution in [0.1, 0.15) is 31.2 Å². The van der Waals surface area contributed by atoms with Crippen molar-refractivity contribution < 1.29 is 8.78 Å². The van der Waals surface area contributed by atoms with E-state index in [1.54, 1.807) is 6.07 Å². The first kappa shape index (κ1) is 11.3. The van der Waals surface area contributed by atoms with Gasteiger partial charge in [0.05, 0.1) is 0 Å². The number of nitrogens with two attached hydrogens (primary N) is 1. The van der Waals surface area contributed by atoms with E-state index < -0.39 is 11.6 Å². The van der Waals surface area contributed by atoms with Crippen molar-refractivity contribution in [1.82, 2.24) is 0 Å². The molecule has 1 aliphatic carbocycles. The van der Waals surface area contributed by atoms with Gasteiger partial charge in [-0.3, -0.25) is 0 Å². The first-order valence-corrected chi connectivity index (χ1v) is 5.55. The predicted molar refractivity (Wildman–Crippen MR) is 60.8 cm³/mol. The summed E-state index contributed by atoms with van der Waals surface area (Å²) in [6, 6.07) is 4.18. The second-order valence-electron chi connectivity index (χ2n) is 4.33. The Kier molecular flexibility index (Phi) is 3.34. The molecule has 2 N–H and O–H groups in total. The number of rotatable bonds is 1. The Morgan fingerprint density at radius 3 is 2.75 bits per heavy atom. The van der Waals surface area contributed by atoms with Gasteiger partial charge in [0.25, 0.3) is 0 Å². The van der Waals surface area contributed by atoms with E-state index >= 15 is 0 Å². The highest BCUT2D eigenvalue weighted by Gasteiger charge is 2.13. The SMILES string of the molecule is NC1CCC/C(=C/c2ccc(F)c(F)c2)C1. The minimum atomic E-state index is -0.803. The molecule has 0 radical (unpaired) electrons. The fraction of sp³-hybridized carbons (Fsp3) is 0.385. The lowest BCUT2D eigenvalue weighted by Gasteiger charge is -2.20. The maximum absolute atomic E-state index is 13.0. The van der Waals surface area contributed by atoms with Gasteiger partial charge in [-0.25, -0.2) is 8.78 Å². The van der Waals surface area contributed by atoms with E-state index in [9.17, 15) is 8.78 Å². The molecule has 3 heteroatoms. The van der Waals surface area contributed by atoms with Crippen LogP contribution in [-0.2, 0) is 0 Å². The van der Waals surface area contributed by atoms with Crippen molar-refractivity contribution in [3.8, 4) is 0 Å². The summed E-state index contributed by atoms with van der Waals surface area (Å²) in [5.41, 5.74) is 7.80. The third-order valence-corrected chi connectivity index (χ3v) is 2.91. The summed E-state index contributed by atoms with van der Waals surface area (Å²) in [5.74, 6) is -1.60. The molecule has 1 aromatic rings. The van der Waals surface area contributed by atoms with Crippen LogP contribution in [0.4, 0.5) is 8.78 Å². The Labute approximate surface area is 94.0 Å². The van der Waals surface area contributed by atoms with E-state index in [-0.39, 0.29) is 6.04 Å². The normalized spacial score (nSPS) is 23.7. The number of hydrogen-bond donors (Lipinski definition) is 1. The van der Waals surface area contributed by atoms with Crippen molar-refractivity contribution in [2.24, 2.45) is 5.73 Å². The van der Waals surface area contributed by atoms with Crippen LogP contribution in [0.15, 0.2) is 23.8 Å². The fourth-order valence-corrected chi connectivity index (χ4v) is 2.10. The lowest BCUT2D eigenvalue weighted by molar-refractivity contribution is 0.508. The molecule has 86 valence electrons. The molecule has 0 bridgehead atoms. The molecule has 0 heterocycles. The Balaban J connectivity index is 2.18. The monoisotopic (exact) mass is 223 g/mol. The summed E-state index contributed by atoms with van der Waals surface area (Å²) in [6.45, 7) is 0. The van der Waals surface area contributed by atoms with Crippen molar-refractivity contribution in [2.75, 3.05) is 0 Å². The Bertz CT molecular complexity index is 412. The molecule has 1 fully saturated rings. The minimum Gasteiger partial charge on any atom is -0.327 e. The standard InChI is InChI=1S/C13H15F2N/c14-12-5-4-10(8-13(12)15)6-9-2-1-3-11(16)7-9/h4-6,8,11H,1-3,7,16H2/b9-6-. The second kappa shape index (κ2) is 4.74. The first-order valence-electron chi connectivity index (χ1n) is 5.55. The molecule has 16 heavy (non-hydrogen) atoms. The van der Waals surface area contributed by atoms with Gasteiger partial charge in [0.15, 0.2) is 11.6 Å². The second-order valence-corrected chi connectivity index (χ2v) is 4.33. The smallest absolute Gasteiger partial charge is 0.159 e. The Hall–Kier alpha value is -1.22. The topological polar surface area (TPSA) is 26.0 Å². The van der Waals surface area contributed by atoms with E-state index in [4.69, 9.17) is 5.73 Å². The van der Waals surface area contributed by atoms with Gasteiger partial charge >= 0.3 is 0 Å². The van der Waals surface area contributed by atoms with Gasteiger partial charge in [-0.1, -0.05) is 17.7 Å². The van der Waals surface area contributed by atoms with Crippen molar-refractivity contribution in [2.45, 2.75) is 31.7 Å². The molecular formula is C13H15F2N. The quantitative estimate of drug-likeness (QED) is 0.777. The molecular weight excluding hydrogens is 208 g/mol. The third-order valence-electron chi connectivity index (χ3n) is 2.91. The lowest BCUT2D eigenvalue weighted by Crippen LogP contribution is -2.23. The van der Waals surface area contributed by atoms with Crippen LogP contribution in [0.3, 0.4) is 0 Å². The summed E-state index contributed by atoms with van der Waals surface area (Å²) in [6.07, 6.45) is 5.92. The van der Waals surface area contributed by atoms with Gasteiger partial charge in [-0.05, 0) is 43.4 Å². The third kappa shape index (κ3) is 2.67. The van der Waals surface area contributed by atoms with E-state index in [0.717, 1.165) is 31.7 Å². The van der Waals surface area contributed by atoms with E-state index in [1.165, 1.54) is 11.6 Å². The molecule has 0 spiro atoms. The van der Waals surface area contributed by atoms with Crippen molar-refractivity contribution in [3.05, 3.63) is 41.0 Å². The minimum absolute atomic E-state index is 0.213. The van der Waals surface area contributed by atoms with Crippen LogP contribution in [0.2, 0.25) is 0 Å². The molecule has 1 saturated carbocycles. The van der Waals surface area contributed by atoms with Crippen LogP contribution in [0, 0.1) is 11.6 Å². The zero-order valence-electron chi connectivity index (χ0n) is 9.05. The molecule has 1 atom stereocenters. The Morgan fingerprint density at radius 1 is 1.25 bits per heavy atom. The summed E-state index contributed by atoms with van der Waals surface area (Å²) >= 11 is 0. The molecule has 0 aromatic heterocycles. The van der Waals surface area contributed by atoms with Gasteiger partial charge in [0, 0.05) is 6.04 Å². The van der Waals surface area contributed by atoms with Gasteiger partial charge in [-0.2, -0.15) is 0 Å². The van der Waals surface area contributed by atoms with Crippen LogP contribution in [0.25, 0.3) is 6.08 Å². The molecule has 1 unspecified atom stereocenters. The molecule has 1 nitrogen and oxygen atoms in total. The fourth-order valence-electron chi connectivity index (χ4n) is 2.10. The average Bonchev–Trinajstić information content (AvgIpc) is 2.24. The van der Waals surface area contributed by atoms with Crippen LogP contribution >= 0.6 is 0 Å². The maximum Gasteiger partial charge on any atom is 0.159 e. The lowest BCUT2D eigenvalue weighted by atomic mass is 9.90. The number of benzene rings is 1. The molecule has 1 aliphatic rings. The van der Waals surface area contributed by atoms with E-state index in [2.05, 4.69) is 0 Å². The van der Waals surface area contributed by atoms with E-state index in [1.807, 2.05) is 6.08 Å². The van der Waals surface area contributed by atoms with Crippen molar-refractivity contribution in [3.63, 3.8) is 0 Å². The van der Waals surface area contributed by atoms with Gasteiger partial charge in [0.1, 0.15) is 0 Å². The van der Waals surface area contributed by atoms with Crippen LogP contribution in [0.5, 0.6) is 0 Å². The number of hydrogen-bond acceptors (Lipinski definition) is 1. The molecule has 2 rings (SSSR count). The zero-order valence-corrected chi connectivity index (χ0v) is 9.05. The van der Waals surface area contributed by atoms with Crippen molar-refractivity contribution in [1.29, 1.82) is 0 Å². The van der Waals surface area contributed by atoms with Crippen LogP contribution < -0.4 is 5.73 Å². The maximum atomic E-state index is 13.0. The summed E-state index contributed by atoms with van der Waals surface area (Å²) in [4.78, 5) is 0. The number of halogens is 2.